The van der Waals surface area contributed by atoms with Crippen LogP contribution in [0.25, 0.3) is 0 Å². The molecule has 21 heavy (non-hydrogen) atoms. The summed E-state index contributed by atoms with van der Waals surface area (Å²) in [5.41, 5.74) is 6.25. The van der Waals surface area contributed by atoms with E-state index in [1.54, 1.807) is 12.3 Å². The van der Waals surface area contributed by atoms with E-state index in [1.165, 1.54) is 6.20 Å². The molecule has 0 spiro atoms. The largest absolute Gasteiger partial charge is 0.354 e. The molecule has 0 saturated carbocycles. The summed E-state index contributed by atoms with van der Waals surface area (Å²) in [5, 5.41) is 5.26. The number of carbonyl (C=O) groups excluding carboxylic acids is 2. The first-order valence-electron chi connectivity index (χ1n) is 6.71. The van der Waals surface area contributed by atoms with E-state index in [-0.39, 0.29) is 24.9 Å². The molecular formula is C15H20N4O2. The molecule has 0 radical (unpaired) electrons. The van der Waals surface area contributed by atoms with Crippen molar-refractivity contribution < 1.29 is 9.59 Å². The van der Waals surface area contributed by atoms with Crippen molar-refractivity contribution in [1.29, 1.82) is 0 Å². The van der Waals surface area contributed by atoms with E-state index in [2.05, 4.69) is 27.5 Å². The Hall–Kier alpha value is -2.39. The molecule has 1 aromatic heterocycles. The van der Waals surface area contributed by atoms with Crippen molar-refractivity contribution in [3.05, 3.63) is 29.6 Å². The topological polar surface area (TPSA) is 97.1 Å². The monoisotopic (exact) mass is 288 g/mol. The first kappa shape index (κ1) is 16.7. The smallest absolute Gasteiger partial charge is 0.253 e. The summed E-state index contributed by atoms with van der Waals surface area (Å²) in [6, 6.07) is 1.61. The van der Waals surface area contributed by atoms with Gasteiger partial charge in [0.05, 0.1) is 18.7 Å². The SMILES string of the molecule is CC(C)CNC(=O)CNC(=O)c1cncc(C#CCN)c1. The number of hydrogen-bond acceptors (Lipinski definition) is 4. The van der Waals surface area contributed by atoms with Gasteiger partial charge in [-0.25, -0.2) is 0 Å². The van der Waals surface area contributed by atoms with E-state index in [1.807, 2.05) is 13.8 Å². The van der Waals surface area contributed by atoms with Crippen LogP contribution in [0.2, 0.25) is 0 Å². The number of nitrogens with one attached hydrogen (secondary N) is 2. The molecule has 0 bridgehead atoms. The van der Waals surface area contributed by atoms with Crippen LogP contribution in [0.3, 0.4) is 0 Å². The third kappa shape index (κ3) is 6.54. The average Bonchev–Trinajstić information content (AvgIpc) is 2.48. The molecule has 0 unspecified atom stereocenters. The first-order valence-corrected chi connectivity index (χ1v) is 6.71. The number of nitrogens with zero attached hydrogens (tertiary/aromatic N) is 1. The summed E-state index contributed by atoms with van der Waals surface area (Å²) in [6.07, 6.45) is 2.98. The van der Waals surface area contributed by atoms with Crippen molar-refractivity contribution in [2.45, 2.75) is 13.8 Å². The predicted octanol–water partition coefficient (Wildman–Crippen LogP) is -0.106. The number of pyridine rings is 1. The molecule has 6 nitrogen and oxygen atoms in total. The molecule has 0 saturated heterocycles. The van der Waals surface area contributed by atoms with E-state index in [9.17, 15) is 9.59 Å². The van der Waals surface area contributed by atoms with Crippen LogP contribution in [-0.4, -0.2) is 36.4 Å². The molecule has 6 heteroatoms. The minimum Gasteiger partial charge on any atom is -0.354 e. The highest BCUT2D eigenvalue weighted by molar-refractivity contribution is 5.96. The number of carbonyl (C=O) groups is 2. The number of rotatable bonds is 5. The summed E-state index contributed by atoms with van der Waals surface area (Å²) < 4.78 is 0. The molecule has 0 aliphatic heterocycles. The molecular weight excluding hydrogens is 268 g/mol. The highest BCUT2D eigenvalue weighted by Gasteiger charge is 2.09. The minimum absolute atomic E-state index is 0.0652. The van der Waals surface area contributed by atoms with Gasteiger partial charge < -0.3 is 16.4 Å². The molecule has 1 heterocycles. The minimum atomic E-state index is -0.362. The first-order chi connectivity index (χ1) is 10.0. The van der Waals surface area contributed by atoms with Gasteiger partial charge >= 0.3 is 0 Å². The fraction of sp³-hybridized carbons (Fsp3) is 0.400. The van der Waals surface area contributed by atoms with Gasteiger partial charge in [0.25, 0.3) is 5.91 Å². The Balaban J connectivity index is 2.54. The van der Waals surface area contributed by atoms with Crippen LogP contribution in [0, 0.1) is 17.8 Å². The van der Waals surface area contributed by atoms with Gasteiger partial charge in [-0.2, -0.15) is 0 Å². The van der Waals surface area contributed by atoms with Gasteiger partial charge in [-0.1, -0.05) is 25.7 Å². The van der Waals surface area contributed by atoms with Crippen molar-refractivity contribution in [3.63, 3.8) is 0 Å². The van der Waals surface area contributed by atoms with E-state index in [0.29, 0.717) is 23.6 Å². The molecule has 0 aliphatic rings. The maximum Gasteiger partial charge on any atom is 0.253 e. The molecule has 1 aromatic rings. The van der Waals surface area contributed by atoms with Gasteiger partial charge in [-0.3, -0.25) is 14.6 Å². The van der Waals surface area contributed by atoms with Crippen molar-refractivity contribution >= 4 is 11.8 Å². The van der Waals surface area contributed by atoms with Crippen molar-refractivity contribution in [2.24, 2.45) is 11.7 Å². The molecule has 0 aromatic carbocycles. The summed E-state index contributed by atoms with van der Waals surface area (Å²) in [4.78, 5) is 27.4. The van der Waals surface area contributed by atoms with Crippen LogP contribution < -0.4 is 16.4 Å². The summed E-state index contributed by atoms with van der Waals surface area (Å²) in [5.74, 6) is 5.28. The molecule has 112 valence electrons. The summed E-state index contributed by atoms with van der Waals surface area (Å²) >= 11 is 0. The number of nitrogens with two attached hydrogens (primary N) is 1. The van der Waals surface area contributed by atoms with Crippen LogP contribution in [0.5, 0.6) is 0 Å². The lowest BCUT2D eigenvalue weighted by Gasteiger charge is -2.08. The normalized spacial score (nSPS) is 9.71. The van der Waals surface area contributed by atoms with E-state index >= 15 is 0 Å². The van der Waals surface area contributed by atoms with Crippen LogP contribution in [0.15, 0.2) is 18.5 Å². The second kappa shape index (κ2) is 8.72. The summed E-state index contributed by atoms with van der Waals surface area (Å²) in [7, 11) is 0. The van der Waals surface area contributed by atoms with Gasteiger partial charge in [0.15, 0.2) is 0 Å². The molecule has 2 amide bonds. The highest BCUT2D eigenvalue weighted by atomic mass is 16.2. The van der Waals surface area contributed by atoms with Gasteiger partial charge in [-0.15, -0.1) is 0 Å². The molecule has 0 atom stereocenters. The quantitative estimate of drug-likeness (QED) is 0.659. The Morgan fingerprint density at radius 3 is 2.76 bits per heavy atom. The second-order valence-corrected chi connectivity index (χ2v) is 4.85. The Morgan fingerprint density at radius 1 is 1.33 bits per heavy atom. The van der Waals surface area contributed by atoms with Crippen LogP contribution in [0.4, 0.5) is 0 Å². The van der Waals surface area contributed by atoms with Gasteiger partial charge in [-0.05, 0) is 12.0 Å². The number of hydrogen-bond donors (Lipinski definition) is 3. The van der Waals surface area contributed by atoms with E-state index in [4.69, 9.17) is 5.73 Å². The van der Waals surface area contributed by atoms with Crippen LogP contribution in [-0.2, 0) is 4.79 Å². The molecule has 4 N–H and O–H groups in total. The lowest BCUT2D eigenvalue weighted by Crippen LogP contribution is -2.38. The van der Waals surface area contributed by atoms with Gasteiger partial charge in [0.2, 0.25) is 5.91 Å². The zero-order valence-corrected chi connectivity index (χ0v) is 12.3. The zero-order chi connectivity index (χ0) is 15.7. The van der Waals surface area contributed by atoms with Crippen LogP contribution >= 0.6 is 0 Å². The van der Waals surface area contributed by atoms with Crippen molar-refractivity contribution in [1.82, 2.24) is 15.6 Å². The predicted molar refractivity (Wildman–Crippen MR) is 80.4 cm³/mol. The second-order valence-electron chi connectivity index (χ2n) is 4.85. The lowest BCUT2D eigenvalue weighted by atomic mass is 10.2. The Morgan fingerprint density at radius 2 is 2.10 bits per heavy atom. The van der Waals surface area contributed by atoms with Crippen LogP contribution in [0.1, 0.15) is 29.8 Å². The third-order valence-corrected chi connectivity index (χ3v) is 2.45. The van der Waals surface area contributed by atoms with Gasteiger partial charge in [0, 0.05) is 24.5 Å². The lowest BCUT2D eigenvalue weighted by molar-refractivity contribution is -0.120. The molecule has 0 aliphatic carbocycles. The van der Waals surface area contributed by atoms with E-state index < -0.39 is 0 Å². The van der Waals surface area contributed by atoms with Gasteiger partial charge in [0.1, 0.15) is 0 Å². The third-order valence-electron chi connectivity index (χ3n) is 2.45. The van der Waals surface area contributed by atoms with Crippen molar-refractivity contribution in [2.75, 3.05) is 19.6 Å². The Labute approximate surface area is 124 Å². The maximum absolute atomic E-state index is 11.9. The zero-order valence-electron chi connectivity index (χ0n) is 12.3. The fourth-order valence-electron chi connectivity index (χ4n) is 1.43. The molecule has 0 fully saturated rings. The number of amides is 2. The van der Waals surface area contributed by atoms with E-state index in [0.717, 1.165) is 0 Å². The Bertz CT molecular complexity index is 558. The summed E-state index contributed by atoms with van der Waals surface area (Å²) in [6.45, 7) is 4.76. The Kier molecular flexibility index (Phi) is 6.92. The van der Waals surface area contributed by atoms with Crippen molar-refractivity contribution in [3.8, 4) is 11.8 Å². The molecule has 1 rings (SSSR count). The average molecular weight is 288 g/mol. The number of aromatic nitrogens is 1. The standard InChI is InChI=1S/C15H20N4O2/c1-11(2)7-18-14(20)10-19-15(21)13-6-12(4-3-5-16)8-17-9-13/h6,8-9,11H,5,7,10,16H2,1-2H3,(H,18,20)(H,19,21). The highest BCUT2D eigenvalue weighted by Crippen LogP contribution is 2.01. The fourth-order valence-corrected chi connectivity index (χ4v) is 1.43. The maximum atomic E-state index is 11.9.